The Bertz CT molecular complexity index is 893. The molecule has 1 heterocycles. The van der Waals surface area contributed by atoms with Gasteiger partial charge in [-0.3, -0.25) is 4.79 Å². The Balaban J connectivity index is 2.27. The quantitative estimate of drug-likeness (QED) is 0.721. The highest BCUT2D eigenvalue weighted by Crippen LogP contribution is 2.27. The fourth-order valence-corrected chi connectivity index (χ4v) is 2.34. The van der Waals surface area contributed by atoms with Crippen LogP contribution in [-0.4, -0.2) is 15.1 Å². The van der Waals surface area contributed by atoms with Crippen molar-refractivity contribution >= 4 is 10.9 Å². The van der Waals surface area contributed by atoms with Gasteiger partial charge in [-0.25, -0.2) is 9.37 Å². The van der Waals surface area contributed by atoms with E-state index in [4.69, 9.17) is 0 Å². The molecule has 0 bridgehead atoms. The van der Waals surface area contributed by atoms with E-state index in [9.17, 15) is 14.3 Å². The predicted molar refractivity (Wildman–Crippen MR) is 78.9 cm³/mol. The summed E-state index contributed by atoms with van der Waals surface area (Å²) >= 11 is 0. The molecule has 0 fully saturated rings. The molecule has 3 rings (SSSR count). The highest BCUT2D eigenvalue weighted by atomic mass is 19.1. The number of phenolic OH excluding ortho intramolecular Hbond substituents is 1. The summed E-state index contributed by atoms with van der Waals surface area (Å²) < 4.78 is 13.2. The molecule has 0 saturated heterocycles. The van der Waals surface area contributed by atoms with Gasteiger partial charge in [0.2, 0.25) is 0 Å². The zero-order chi connectivity index (χ0) is 15.1. The van der Waals surface area contributed by atoms with Crippen molar-refractivity contribution in [3.05, 3.63) is 57.6 Å². The fourth-order valence-electron chi connectivity index (χ4n) is 2.34. The predicted octanol–water partition coefficient (Wildman–Crippen LogP) is 3.05. The van der Waals surface area contributed by atoms with Crippen molar-refractivity contribution in [1.82, 2.24) is 9.97 Å². The highest BCUT2D eigenvalue weighted by Gasteiger charge is 2.10. The van der Waals surface area contributed by atoms with Crippen LogP contribution >= 0.6 is 0 Å². The summed E-state index contributed by atoms with van der Waals surface area (Å²) in [5, 5.41) is 10.0. The number of hydrogen-bond acceptors (Lipinski definition) is 3. The third-order valence-corrected chi connectivity index (χ3v) is 3.43. The minimum absolute atomic E-state index is 0.214. The highest BCUT2D eigenvalue weighted by molar-refractivity contribution is 5.79. The fraction of sp³-hybridized carbons (Fsp3) is 0.125. The number of nitrogens with one attached hydrogen (secondary N) is 1. The van der Waals surface area contributed by atoms with E-state index in [0.717, 1.165) is 6.07 Å². The lowest BCUT2D eigenvalue weighted by molar-refractivity contribution is 0.467. The molecule has 1 aromatic heterocycles. The first kappa shape index (κ1) is 13.3. The van der Waals surface area contributed by atoms with Crippen molar-refractivity contribution in [2.75, 3.05) is 0 Å². The molecule has 0 aliphatic rings. The second-order valence-electron chi connectivity index (χ2n) is 5.03. The standard InChI is InChI=1S/C16H13FN2O2/c1-8-5-10(6-9(2)14(8)20)15-18-13-4-3-11(17)7-12(13)16(21)19-15/h3-7,20H,1-2H3,(H,18,19,21). The molecule has 3 aromatic rings. The van der Waals surface area contributed by atoms with E-state index >= 15 is 0 Å². The largest absolute Gasteiger partial charge is 0.507 e. The van der Waals surface area contributed by atoms with Crippen LogP contribution in [0.2, 0.25) is 0 Å². The van der Waals surface area contributed by atoms with Gasteiger partial charge in [-0.1, -0.05) is 0 Å². The lowest BCUT2D eigenvalue weighted by Crippen LogP contribution is -2.10. The van der Waals surface area contributed by atoms with Gasteiger partial charge in [0, 0.05) is 5.56 Å². The van der Waals surface area contributed by atoms with Crippen molar-refractivity contribution in [3.63, 3.8) is 0 Å². The van der Waals surface area contributed by atoms with Crippen LogP contribution in [0.3, 0.4) is 0 Å². The number of nitrogens with zero attached hydrogens (tertiary/aromatic N) is 1. The number of rotatable bonds is 1. The van der Waals surface area contributed by atoms with Gasteiger partial charge in [0.1, 0.15) is 17.4 Å². The number of benzene rings is 2. The van der Waals surface area contributed by atoms with Gasteiger partial charge >= 0.3 is 0 Å². The number of phenols is 1. The van der Waals surface area contributed by atoms with Crippen molar-refractivity contribution in [3.8, 4) is 17.1 Å². The number of aromatic nitrogens is 2. The molecule has 2 N–H and O–H groups in total. The summed E-state index contributed by atoms with van der Waals surface area (Å²) in [7, 11) is 0. The van der Waals surface area contributed by atoms with Crippen LogP contribution in [0.25, 0.3) is 22.3 Å². The number of aromatic amines is 1. The van der Waals surface area contributed by atoms with Crippen LogP contribution in [0.4, 0.5) is 4.39 Å². The monoisotopic (exact) mass is 284 g/mol. The third kappa shape index (κ3) is 2.27. The van der Waals surface area contributed by atoms with Crippen molar-refractivity contribution in [2.45, 2.75) is 13.8 Å². The summed E-state index contributed by atoms with van der Waals surface area (Å²) in [6, 6.07) is 7.40. The molecular weight excluding hydrogens is 271 g/mol. The molecule has 0 radical (unpaired) electrons. The van der Waals surface area contributed by atoms with Gasteiger partial charge in [0.05, 0.1) is 10.9 Å². The number of H-pyrrole nitrogens is 1. The van der Waals surface area contributed by atoms with Gasteiger partial charge in [-0.2, -0.15) is 0 Å². The summed E-state index contributed by atoms with van der Waals surface area (Å²) in [5.74, 6) is 0.146. The van der Waals surface area contributed by atoms with Crippen LogP contribution < -0.4 is 5.56 Å². The first-order chi connectivity index (χ1) is 9.95. The van der Waals surface area contributed by atoms with Crippen LogP contribution in [-0.2, 0) is 0 Å². The molecule has 4 nitrogen and oxygen atoms in total. The Morgan fingerprint density at radius 3 is 2.48 bits per heavy atom. The minimum Gasteiger partial charge on any atom is -0.507 e. The average Bonchev–Trinajstić information content (AvgIpc) is 2.44. The van der Waals surface area contributed by atoms with E-state index in [2.05, 4.69) is 9.97 Å². The van der Waals surface area contributed by atoms with Gasteiger partial charge in [-0.15, -0.1) is 0 Å². The normalized spacial score (nSPS) is 11.0. The number of aromatic hydroxyl groups is 1. The van der Waals surface area contributed by atoms with Gasteiger partial charge in [-0.05, 0) is 55.3 Å². The Morgan fingerprint density at radius 2 is 1.81 bits per heavy atom. The number of hydrogen-bond donors (Lipinski definition) is 2. The summed E-state index contributed by atoms with van der Waals surface area (Å²) in [6.07, 6.45) is 0. The second-order valence-corrected chi connectivity index (χ2v) is 5.03. The van der Waals surface area contributed by atoms with Crippen LogP contribution in [0.15, 0.2) is 35.1 Å². The maximum absolute atomic E-state index is 13.2. The first-order valence-corrected chi connectivity index (χ1v) is 6.46. The van der Waals surface area contributed by atoms with E-state index in [1.807, 2.05) is 0 Å². The molecule has 21 heavy (non-hydrogen) atoms. The molecule has 106 valence electrons. The Labute approximate surface area is 119 Å². The van der Waals surface area contributed by atoms with Crippen LogP contribution in [0.1, 0.15) is 11.1 Å². The Morgan fingerprint density at radius 1 is 1.14 bits per heavy atom. The average molecular weight is 284 g/mol. The van der Waals surface area contributed by atoms with Gasteiger partial charge in [0.15, 0.2) is 0 Å². The van der Waals surface area contributed by atoms with Gasteiger partial charge in [0.25, 0.3) is 5.56 Å². The summed E-state index contributed by atoms with van der Waals surface area (Å²) in [6.45, 7) is 3.56. The molecule has 0 aliphatic heterocycles. The molecule has 5 heteroatoms. The van der Waals surface area contributed by atoms with E-state index in [-0.39, 0.29) is 11.1 Å². The van der Waals surface area contributed by atoms with Crippen LogP contribution in [0.5, 0.6) is 5.75 Å². The molecule has 0 saturated carbocycles. The smallest absolute Gasteiger partial charge is 0.259 e. The summed E-state index contributed by atoms with van der Waals surface area (Å²) in [5.41, 5.74) is 2.14. The molecule has 0 amide bonds. The number of fused-ring (bicyclic) bond motifs is 1. The minimum atomic E-state index is -0.473. The molecule has 0 unspecified atom stereocenters. The van der Waals surface area contributed by atoms with Crippen molar-refractivity contribution in [2.24, 2.45) is 0 Å². The molecular formula is C16H13FN2O2. The maximum atomic E-state index is 13.2. The maximum Gasteiger partial charge on any atom is 0.259 e. The van der Waals surface area contributed by atoms with E-state index in [1.54, 1.807) is 26.0 Å². The second kappa shape index (κ2) is 4.70. The molecule has 2 aromatic carbocycles. The topological polar surface area (TPSA) is 66.0 Å². The van der Waals surface area contributed by atoms with Crippen molar-refractivity contribution in [1.29, 1.82) is 0 Å². The summed E-state index contributed by atoms with van der Waals surface area (Å²) in [4.78, 5) is 19.1. The van der Waals surface area contributed by atoms with E-state index < -0.39 is 11.4 Å². The van der Waals surface area contributed by atoms with Crippen LogP contribution in [0, 0.1) is 19.7 Å². The lowest BCUT2D eigenvalue weighted by atomic mass is 10.1. The van der Waals surface area contributed by atoms with E-state index in [1.165, 1.54) is 12.1 Å². The molecule has 0 atom stereocenters. The van der Waals surface area contributed by atoms with E-state index in [0.29, 0.717) is 28.0 Å². The number of halogens is 1. The zero-order valence-corrected chi connectivity index (χ0v) is 11.6. The Hall–Kier alpha value is -2.69. The van der Waals surface area contributed by atoms with Crippen molar-refractivity contribution < 1.29 is 9.50 Å². The lowest BCUT2D eigenvalue weighted by Gasteiger charge is -2.08. The third-order valence-electron chi connectivity index (χ3n) is 3.43. The first-order valence-electron chi connectivity index (χ1n) is 6.46. The Kier molecular flexibility index (Phi) is 2.97. The molecule has 0 aliphatic carbocycles. The number of aryl methyl sites for hydroxylation is 2. The molecule has 0 spiro atoms. The SMILES string of the molecule is Cc1cc(-c2nc3ccc(F)cc3c(=O)[nH]2)cc(C)c1O. The zero-order valence-electron chi connectivity index (χ0n) is 11.6. The van der Waals surface area contributed by atoms with Gasteiger partial charge < -0.3 is 10.1 Å².